The summed E-state index contributed by atoms with van der Waals surface area (Å²) in [5.41, 5.74) is 0.697. The number of aromatic nitrogens is 6. The molecule has 0 radical (unpaired) electrons. The SMILES string of the molecule is CCNc1nc(-c2ccccn2)nc(-n2cccn2)n1. The molecule has 1 N–H and O–H groups in total. The van der Waals surface area contributed by atoms with E-state index in [1.807, 2.05) is 31.2 Å². The zero-order chi connectivity index (χ0) is 13.8. The first-order valence-corrected chi connectivity index (χ1v) is 6.28. The number of rotatable bonds is 4. The van der Waals surface area contributed by atoms with Gasteiger partial charge in [0.15, 0.2) is 5.82 Å². The molecule has 7 heteroatoms. The van der Waals surface area contributed by atoms with Crippen LogP contribution in [0.3, 0.4) is 0 Å². The van der Waals surface area contributed by atoms with E-state index in [0.717, 1.165) is 6.54 Å². The molecule has 100 valence electrons. The van der Waals surface area contributed by atoms with E-state index in [0.29, 0.717) is 23.4 Å². The van der Waals surface area contributed by atoms with Gasteiger partial charge in [0, 0.05) is 25.1 Å². The molecule has 0 atom stereocenters. The summed E-state index contributed by atoms with van der Waals surface area (Å²) in [6, 6.07) is 7.42. The summed E-state index contributed by atoms with van der Waals surface area (Å²) >= 11 is 0. The van der Waals surface area contributed by atoms with Gasteiger partial charge in [-0.25, -0.2) is 4.68 Å². The van der Waals surface area contributed by atoms with Gasteiger partial charge < -0.3 is 5.32 Å². The summed E-state index contributed by atoms with van der Waals surface area (Å²) in [5, 5.41) is 7.23. The van der Waals surface area contributed by atoms with Gasteiger partial charge in [0.1, 0.15) is 5.69 Å². The highest BCUT2D eigenvalue weighted by Crippen LogP contribution is 2.14. The van der Waals surface area contributed by atoms with E-state index < -0.39 is 0 Å². The van der Waals surface area contributed by atoms with Crippen LogP contribution in [-0.2, 0) is 0 Å². The molecular weight excluding hydrogens is 254 g/mol. The topological polar surface area (TPSA) is 81.4 Å². The fourth-order valence-corrected chi connectivity index (χ4v) is 1.70. The Morgan fingerprint density at radius 1 is 1.10 bits per heavy atom. The molecule has 0 saturated carbocycles. The molecule has 3 aromatic rings. The number of pyridine rings is 1. The quantitative estimate of drug-likeness (QED) is 0.772. The van der Waals surface area contributed by atoms with Gasteiger partial charge in [-0.15, -0.1) is 0 Å². The van der Waals surface area contributed by atoms with E-state index in [2.05, 4.69) is 30.4 Å². The van der Waals surface area contributed by atoms with E-state index in [9.17, 15) is 0 Å². The second-order valence-electron chi connectivity index (χ2n) is 3.98. The fourth-order valence-electron chi connectivity index (χ4n) is 1.70. The third kappa shape index (κ3) is 2.46. The molecule has 0 aromatic carbocycles. The van der Waals surface area contributed by atoms with Crippen LogP contribution >= 0.6 is 0 Å². The summed E-state index contributed by atoms with van der Waals surface area (Å²) < 4.78 is 1.59. The summed E-state index contributed by atoms with van der Waals surface area (Å²) in [7, 11) is 0. The lowest BCUT2D eigenvalue weighted by atomic mass is 10.3. The van der Waals surface area contributed by atoms with Crippen LogP contribution in [0.15, 0.2) is 42.9 Å². The molecule has 0 bridgehead atoms. The van der Waals surface area contributed by atoms with Crippen molar-refractivity contribution in [2.24, 2.45) is 0 Å². The van der Waals surface area contributed by atoms with E-state index in [4.69, 9.17) is 0 Å². The van der Waals surface area contributed by atoms with Crippen LogP contribution in [0.2, 0.25) is 0 Å². The maximum absolute atomic E-state index is 4.40. The third-order valence-electron chi connectivity index (χ3n) is 2.56. The second kappa shape index (κ2) is 5.43. The zero-order valence-corrected chi connectivity index (χ0v) is 10.9. The Kier molecular flexibility index (Phi) is 3.32. The Morgan fingerprint density at radius 3 is 2.75 bits per heavy atom. The lowest BCUT2D eigenvalue weighted by Crippen LogP contribution is -2.10. The third-order valence-corrected chi connectivity index (χ3v) is 2.56. The van der Waals surface area contributed by atoms with Gasteiger partial charge in [-0.3, -0.25) is 4.98 Å². The largest absolute Gasteiger partial charge is 0.354 e. The highest BCUT2D eigenvalue weighted by Gasteiger charge is 2.10. The molecule has 20 heavy (non-hydrogen) atoms. The van der Waals surface area contributed by atoms with Crippen LogP contribution in [0, 0.1) is 0 Å². The summed E-state index contributed by atoms with van der Waals surface area (Å²) in [6.07, 6.45) is 5.17. The molecule has 3 aromatic heterocycles. The summed E-state index contributed by atoms with van der Waals surface area (Å²) in [4.78, 5) is 17.4. The second-order valence-corrected chi connectivity index (χ2v) is 3.98. The Bertz CT molecular complexity index is 679. The molecule has 0 fully saturated rings. The average molecular weight is 267 g/mol. The van der Waals surface area contributed by atoms with Crippen molar-refractivity contribution >= 4 is 5.95 Å². The summed E-state index contributed by atoms with van der Waals surface area (Å²) in [6.45, 7) is 2.71. The molecule has 3 heterocycles. The molecule has 0 unspecified atom stereocenters. The van der Waals surface area contributed by atoms with Crippen molar-refractivity contribution in [2.75, 3.05) is 11.9 Å². The standard InChI is InChI=1S/C13H13N7/c1-2-14-12-17-11(10-6-3-4-7-15-10)18-13(19-12)20-9-5-8-16-20/h3-9H,2H2,1H3,(H,14,17,18,19). The Labute approximate surface area is 115 Å². The smallest absolute Gasteiger partial charge is 0.255 e. The first-order chi connectivity index (χ1) is 9.86. The maximum atomic E-state index is 4.40. The van der Waals surface area contributed by atoms with Crippen molar-refractivity contribution in [1.82, 2.24) is 29.7 Å². The molecule has 0 amide bonds. The molecule has 0 saturated heterocycles. The van der Waals surface area contributed by atoms with E-state index in [1.165, 1.54) is 0 Å². The highest BCUT2D eigenvalue weighted by atomic mass is 15.4. The minimum absolute atomic E-state index is 0.460. The van der Waals surface area contributed by atoms with E-state index in [-0.39, 0.29) is 0 Å². The lowest BCUT2D eigenvalue weighted by molar-refractivity contribution is 0.797. The van der Waals surface area contributed by atoms with Gasteiger partial charge in [-0.05, 0) is 25.1 Å². The van der Waals surface area contributed by atoms with E-state index >= 15 is 0 Å². The number of nitrogens with zero attached hydrogens (tertiary/aromatic N) is 6. The number of nitrogens with one attached hydrogen (secondary N) is 1. The lowest BCUT2D eigenvalue weighted by Gasteiger charge is -2.07. The van der Waals surface area contributed by atoms with Gasteiger partial charge in [0.2, 0.25) is 5.95 Å². The Hall–Kier alpha value is -2.83. The first-order valence-electron chi connectivity index (χ1n) is 6.28. The molecule has 0 aliphatic rings. The summed E-state index contributed by atoms with van der Waals surface area (Å²) in [5.74, 6) is 1.48. The van der Waals surface area contributed by atoms with Crippen molar-refractivity contribution in [3.05, 3.63) is 42.9 Å². The van der Waals surface area contributed by atoms with Crippen molar-refractivity contribution in [3.8, 4) is 17.5 Å². The van der Waals surface area contributed by atoms with Crippen LogP contribution < -0.4 is 5.32 Å². The highest BCUT2D eigenvalue weighted by molar-refractivity contribution is 5.51. The van der Waals surface area contributed by atoms with Crippen molar-refractivity contribution in [2.45, 2.75) is 6.92 Å². The number of hydrogen-bond donors (Lipinski definition) is 1. The predicted octanol–water partition coefficient (Wildman–Crippen LogP) is 1.55. The van der Waals surface area contributed by atoms with Crippen LogP contribution in [0.1, 0.15) is 6.92 Å². The zero-order valence-electron chi connectivity index (χ0n) is 10.9. The van der Waals surface area contributed by atoms with E-state index in [1.54, 1.807) is 23.3 Å². The predicted molar refractivity (Wildman–Crippen MR) is 74.3 cm³/mol. The number of hydrogen-bond acceptors (Lipinski definition) is 6. The van der Waals surface area contributed by atoms with Gasteiger partial charge in [0.25, 0.3) is 5.95 Å². The molecule has 0 aliphatic carbocycles. The molecule has 0 aliphatic heterocycles. The average Bonchev–Trinajstić information content (AvgIpc) is 3.02. The van der Waals surface area contributed by atoms with Gasteiger partial charge in [0.05, 0.1) is 0 Å². The monoisotopic (exact) mass is 267 g/mol. The first kappa shape index (κ1) is 12.2. The molecule has 0 spiro atoms. The number of anilines is 1. The van der Waals surface area contributed by atoms with Crippen molar-refractivity contribution in [3.63, 3.8) is 0 Å². The maximum Gasteiger partial charge on any atom is 0.255 e. The normalized spacial score (nSPS) is 10.4. The van der Waals surface area contributed by atoms with Crippen LogP contribution in [0.5, 0.6) is 0 Å². The molecule has 3 rings (SSSR count). The molecule has 7 nitrogen and oxygen atoms in total. The molecular formula is C13H13N7. The van der Waals surface area contributed by atoms with Crippen LogP contribution in [-0.4, -0.2) is 36.3 Å². The van der Waals surface area contributed by atoms with Gasteiger partial charge in [-0.1, -0.05) is 6.07 Å². The van der Waals surface area contributed by atoms with Gasteiger partial charge in [-0.2, -0.15) is 20.1 Å². The van der Waals surface area contributed by atoms with Crippen LogP contribution in [0.4, 0.5) is 5.95 Å². The fraction of sp³-hybridized carbons (Fsp3) is 0.154. The minimum atomic E-state index is 0.460. The van der Waals surface area contributed by atoms with Crippen LogP contribution in [0.25, 0.3) is 17.5 Å². The Morgan fingerprint density at radius 2 is 2.05 bits per heavy atom. The Balaban J connectivity index is 2.10. The van der Waals surface area contributed by atoms with Gasteiger partial charge >= 0.3 is 0 Å². The van der Waals surface area contributed by atoms with Crippen molar-refractivity contribution in [1.29, 1.82) is 0 Å². The minimum Gasteiger partial charge on any atom is -0.354 e. The van der Waals surface area contributed by atoms with Crippen molar-refractivity contribution < 1.29 is 0 Å².